The van der Waals surface area contributed by atoms with Crippen LogP contribution < -0.4 is 4.74 Å². The quantitative estimate of drug-likeness (QED) is 0.717. The van der Waals surface area contributed by atoms with E-state index in [1.54, 1.807) is 0 Å². The highest BCUT2D eigenvalue weighted by Gasteiger charge is 1.95. The Kier molecular flexibility index (Phi) is 4.86. The zero-order chi connectivity index (χ0) is 12.6. The summed E-state index contributed by atoms with van der Waals surface area (Å²) in [7, 11) is 0. The first-order valence-electron chi connectivity index (χ1n) is 5.88. The van der Waals surface area contributed by atoms with Crippen molar-refractivity contribution in [3.05, 3.63) is 71.8 Å². The van der Waals surface area contributed by atoms with Gasteiger partial charge in [0.25, 0.3) is 0 Å². The zero-order valence-corrected chi connectivity index (χ0v) is 10.8. The molecule has 0 unspecified atom stereocenters. The van der Waals surface area contributed by atoms with Gasteiger partial charge in [0.1, 0.15) is 12.4 Å². The number of benzene rings is 2. The summed E-state index contributed by atoms with van der Waals surface area (Å²) >= 11 is 5.59. The molecule has 0 bridgehead atoms. The van der Waals surface area contributed by atoms with Crippen LogP contribution in [-0.4, -0.2) is 5.88 Å². The minimum absolute atomic E-state index is 0.534. The van der Waals surface area contributed by atoms with Gasteiger partial charge >= 0.3 is 0 Å². The first-order valence-corrected chi connectivity index (χ1v) is 6.41. The van der Waals surface area contributed by atoms with Crippen molar-refractivity contribution in [2.75, 3.05) is 5.88 Å². The summed E-state index contributed by atoms with van der Waals surface area (Å²) in [6, 6.07) is 18.1. The Bertz CT molecular complexity index is 488. The van der Waals surface area contributed by atoms with Gasteiger partial charge in [-0.2, -0.15) is 0 Å². The summed E-state index contributed by atoms with van der Waals surface area (Å²) in [6.07, 6.45) is 3.91. The molecule has 0 heterocycles. The maximum absolute atomic E-state index is 5.70. The Hall–Kier alpha value is -1.73. The number of ether oxygens (including phenoxy) is 1. The molecule has 0 aliphatic heterocycles. The standard InChI is InChI=1S/C16H15ClO/c17-12-4-7-14-8-10-16(11-9-14)18-13-15-5-2-1-3-6-15/h1-11H,12-13H2/b7-4+. The van der Waals surface area contributed by atoms with E-state index < -0.39 is 0 Å². The highest BCUT2D eigenvalue weighted by molar-refractivity contribution is 6.19. The van der Waals surface area contributed by atoms with Crippen LogP contribution in [0.1, 0.15) is 11.1 Å². The van der Waals surface area contributed by atoms with Crippen LogP contribution in [0.25, 0.3) is 6.08 Å². The van der Waals surface area contributed by atoms with Gasteiger partial charge in [0.2, 0.25) is 0 Å². The van der Waals surface area contributed by atoms with Crippen LogP contribution >= 0.6 is 11.6 Å². The number of halogens is 1. The lowest BCUT2D eigenvalue weighted by atomic mass is 10.2. The lowest BCUT2D eigenvalue weighted by Gasteiger charge is -2.06. The molecule has 0 amide bonds. The molecule has 18 heavy (non-hydrogen) atoms. The summed E-state index contributed by atoms with van der Waals surface area (Å²) in [6.45, 7) is 0.595. The van der Waals surface area contributed by atoms with Gasteiger partial charge < -0.3 is 4.74 Å². The van der Waals surface area contributed by atoms with E-state index in [2.05, 4.69) is 12.1 Å². The van der Waals surface area contributed by atoms with Gasteiger partial charge in [-0.25, -0.2) is 0 Å². The second-order valence-corrected chi connectivity index (χ2v) is 4.21. The van der Waals surface area contributed by atoms with E-state index in [9.17, 15) is 0 Å². The van der Waals surface area contributed by atoms with E-state index in [4.69, 9.17) is 16.3 Å². The Labute approximate surface area is 113 Å². The number of alkyl halides is 1. The van der Waals surface area contributed by atoms with Crippen LogP contribution in [0, 0.1) is 0 Å². The molecule has 0 aliphatic rings. The third-order valence-corrected chi connectivity index (χ3v) is 2.71. The molecular formula is C16H15ClO. The minimum Gasteiger partial charge on any atom is -0.489 e. The Morgan fingerprint density at radius 3 is 2.33 bits per heavy atom. The second-order valence-electron chi connectivity index (χ2n) is 3.90. The van der Waals surface area contributed by atoms with Crippen molar-refractivity contribution >= 4 is 17.7 Å². The molecule has 2 rings (SSSR count). The number of hydrogen-bond acceptors (Lipinski definition) is 1. The van der Waals surface area contributed by atoms with Crippen LogP contribution in [0.2, 0.25) is 0 Å². The topological polar surface area (TPSA) is 9.23 Å². The van der Waals surface area contributed by atoms with E-state index in [-0.39, 0.29) is 0 Å². The summed E-state index contributed by atoms with van der Waals surface area (Å²) in [5.41, 5.74) is 2.30. The van der Waals surface area contributed by atoms with E-state index >= 15 is 0 Å². The molecule has 1 nitrogen and oxygen atoms in total. The Morgan fingerprint density at radius 2 is 1.67 bits per heavy atom. The van der Waals surface area contributed by atoms with E-state index in [1.165, 1.54) is 5.56 Å². The van der Waals surface area contributed by atoms with Crippen LogP contribution in [0.15, 0.2) is 60.7 Å². The summed E-state index contributed by atoms with van der Waals surface area (Å²) in [4.78, 5) is 0. The fourth-order valence-electron chi connectivity index (χ4n) is 1.60. The molecule has 0 radical (unpaired) electrons. The molecule has 0 aliphatic carbocycles. The molecule has 0 aromatic heterocycles. The molecule has 0 saturated heterocycles. The van der Waals surface area contributed by atoms with Crippen molar-refractivity contribution in [3.63, 3.8) is 0 Å². The lowest BCUT2D eigenvalue weighted by Crippen LogP contribution is -1.94. The Morgan fingerprint density at radius 1 is 0.944 bits per heavy atom. The maximum Gasteiger partial charge on any atom is 0.119 e. The molecule has 0 atom stereocenters. The van der Waals surface area contributed by atoms with Crippen molar-refractivity contribution in [3.8, 4) is 5.75 Å². The molecule has 92 valence electrons. The average Bonchev–Trinajstić information content (AvgIpc) is 2.45. The molecule has 2 aromatic carbocycles. The van der Waals surface area contributed by atoms with Crippen molar-refractivity contribution in [1.29, 1.82) is 0 Å². The van der Waals surface area contributed by atoms with Gasteiger partial charge in [-0.15, -0.1) is 11.6 Å². The van der Waals surface area contributed by atoms with E-state index in [0.717, 1.165) is 11.3 Å². The highest BCUT2D eigenvalue weighted by atomic mass is 35.5. The fourth-order valence-corrected chi connectivity index (χ4v) is 1.69. The summed E-state index contributed by atoms with van der Waals surface area (Å²) in [5.74, 6) is 1.41. The number of allylic oxidation sites excluding steroid dienone is 1. The Balaban J connectivity index is 1.92. The third kappa shape index (κ3) is 3.94. The first kappa shape index (κ1) is 12.7. The lowest BCUT2D eigenvalue weighted by molar-refractivity contribution is 0.306. The molecular weight excluding hydrogens is 244 g/mol. The van der Waals surface area contributed by atoms with Crippen LogP contribution in [0.4, 0.5) is 0 Å². The molecule has 2 heteroatoms. The predicted octanol–water partition coefficient (Wildman–Crippen LogP) is 4.52. The van der Waals surface area contributed by atoms with Gasteiger partial charge in [-0.3, -0.25) is 0 Å². The van der Waals surface area contributed by atoms with E-state index in [0.29, 0.717) is 12.5 Å². The normalized spacial score (nSPS) is 10.7. The zero-order valence-electron chi connectivity index (χ0n) is 10.1. The summed E-state index contributed by atoms with van der Waals surface area (Å²) in [5, 5.41) is 0. The maximum atomic E-state index is 5.70. The predicted molar refractivity (Wildman–Crippen MR) is 77.0 cm³/mol. The number of hydrogen-bond donors (Lipinski definition) is 0. The van der Waals surface area contributed by atoms with Crippen LogP contribution in [0.5, 0.6) is 5.75 Å². The highest BCUT2D eigenvalue weighted by Crippen LogP contribution is 2.15. The van der Waals surface area contributed by atoms with Crippen molar-refractivity contribution in [2.24, 2.45) is 0 Å². The SMILES string of the molecule is ClC/C=C/c1ccc(OCc2ccccc2)cc1. The van der Waals surface area contributed by atoms with Crippen molar-refractivity contribution in [1.82, 2.24) is 0 Å². The van der Waals surface area contributed by atoms with Crippen molar-refractivity contribution < 1.29 is 4.74 Å². The smallest absolute Gasteiger partial charge is 0.119 e. The van der Waals surface area contributed by atoms with Crippen molar-refractivity contribution in [2.45, 2.75) is 6.61 Å². The fraction of sp³-hybridized carbons (Fsp3) is 0.125. The molecule has 0 saturated carbocycles. The minimum atomic E-state index is 0.534. The third-order valence-electron chi connectivity index (χ3n) is 2.53. The van der Waals surface area contributed by atoms with Gasteiger partial charge in [0, 0.05) is 5.88 Å². The summed E-state index contributed by atoms with van der Waals surface area (Å²) < 4.78 is 5.70. The van der Waals surface area contributed by atoms with Gasteiger partial charge in [0.15, 0.2) is 0 Å². The van der Waals surface area contributed by atoms with Gasteiger partial charge in [-0.05, 0) is 23.3 Å². The van der Waals surface area contributed by atoms with E-state index in [1.807, 2.05) is 54.6 Å². The van der Waals surface area contributed by atoms with Crippen LogP contribution in [0.3, 0.4) is 0 Å². The monoisotopic (exact) mass is 258 g/mol. The second kappa shape index (κ2) is 6.87. The van der Waals surface area contributed by atoms with Gasteiger partial charge in [0.05, 0.1) is 0 Å². The number of rotatable bonds is 5. The molecule has 0 spiro atoms. The average molecular weight is 259 g/mol. The molecule has 0 N–H and O–H groups in total. The first-order chi connectivity index (χ1) is 8.88. The van der Waals surface area contributed by atoms with Gasteiger partial charge in [-0.1, -0.05) is 54.6 Å². The van der Waals surface area contributed by atoms with Crippen LogP contribution in [-0.2, 0) is 6.61 Å². The largest absolute Gasteiger partial charge is 0.489 e. The molecule has 0 fully saturated rings. The molecule has 2 aromatic rings.